The number of methoxy groups -OCH3 is 1. The number of halogens is 1. The van der Waals surface area contributed by atoms with E-state index in [1.807, 2.05) is 6.92 Å². The molecule has 0 spiro atoms. The number of hydrogen-bond donors (Lipinski definition) is 1. The van der Waals surface area contributed by atoms with Crippen LogP contribution < -0.4 is 5.32 Å². The van der Waals surface area contributed by atoms with Crippen LogP contribution in [-0.2, 0) is 11.3 Å². The third-order valence-corrected chi connectivity index (χ3v) is 5.41. The zero-order chi connectivity index (χ0) is 14.4. The molecule has 0 unspecified atom stereocenters. The number of nitrogens with one attached hydrogen (secondary N) is 1. The van der Waals surface area contributed by atoms with Crippen molar-refractivity contribution in [2.24, 2.45) is 0 Å². The number of thiazole rings is 1. The predicted octanol–water partition coefficient (Wildman–Crippen LogP) is 4.10. The molecule has 2 rings (SSSR count). The molecule has 0 radical (unpaired) electrons. The van der Waals surface area contributed by atoms with E-state index in [2.05, 4.69) is 49.8 Å². The highest BCUT2D eigenvalue weighted by atomic mass is 79.9. The Bertz CT molecular complexity index is 560. The topological polar surface area (TPSA) is 34.1 Å². The molecule has 0 aliphatic rings. The maximum Gasteiger partial charge on any atom is 0.154 e. The summed E-state index contributed by atoms with van der Waals surface area (Å²) < 4.78 is 7.22. The quantitative estimate of drug-likeness (QED) is 0.741. The average molecular weight is 373 g/mol. The number of aryl methyl sites for hydroxylation is 1. The van der Waals surface area contributed by atoms with Crippen LogP contribution in [-0.4, -0.2) is 25.2 Å². The SMILES string of the molecule is COCCNCc1ccc(Sc2nc(C)cs2)cc1Br. The lowest BCUT2D eigenvalue weighted by atomic mass is 10.2. The summed E-state index contributed by atoms with van der Waals surface area (Å²) in [4.78, 5) is 5.67. The van der Waals surface area contributed by atoms with Crippen LogP contribution in [0.15, 0.2) is 37.3 Å². The molecule has 0 aliphatic carbocycles. The van der Waals surface area contributed by atoms with Crippen molar-refractivity contribution in [2.75, 3.05) is 20.3 Å². The van der Waals surface area contributed by atoms with Crippen molar-refractivity contribution in [1.29, 1.82) is 0 Å². The third-order valence-electron chi connectivity index (χ3n) is 2.63. The Morgan fingerprint density at radius 3 is 2.95 bits per heavy atom. The van der Waals surface area contributed by atoms with Gasteiger partial charge in [0, 0.05) is 40.6 Å². The van der Waals surface area contributed by atoms with E-state index in [1.54, 1.807) is 30.2 Å². The minimum absolute atomic E-state index is 0.731. The molecule has 3 nitrogen and oxygen atoms in total. The van der Waals surface area contributed by atoms with Gasteiger partial charge in [0.25, 0.3) is 0 Å². The maximum atomic E-state index is 5.01. The lowest BCUT2D eigenvalue weighted by Crippen LogP contribution is -2.18. The molecule has 1 N–H and O–H groups in total. The maximum absolute atomic E-state index is 5.01. The summed E-state index contributed by atoms with van der Waals surface area (Å²) in [6, 6.07) is 6.43. The van der Waals surface area contributed by atoms with E-state index in [1.165, 1.54) is 10.5 Å². The first-order valence-electron chi connectivity index (χ1n) is 6.27. The van der Waals surface area contributed by atoms with Crippen molar-refractivity contribution in [2.45, 2.75) is 22.7 Å². The summed E-state index contributed by atoms with van der Waals surface area (Å²) in [5.74, 6) is 0. The van der Waals surface area contributed by atoms with Gasteiger partial charge in [-0.15, -0.1) is 11.3 Å². The van der Waals surface area contributed by atoms with E-state index >= 15 is 0 Å². The molecular weight excluding hydrogens is 356 g/mol. The summed E-state index contributed by atoms with van der Waals surface area (Å²) in [5.41, 5.74) is 2.33. The molecule has 0 fully saturated rings. The van der Waals surface area contributed by atoms with Crippen molar-refractivity contribution in [3.63, 3.8) is 0 Å². The van der Waals surface area contributed by atoms with Crippen molar-refractivity contribution in [3.05, 3.63) is 39.3 Å². The Balaban J connectivity index is 1.94. The van der Waals surface area contributed by atoms with E-state index in [4.69, 9.17) is 4.74 Å². The van der Waals surface area contributed by atoms with Gasteiger partial charge in [0.05, 0.1) is 6.61 Å². The molecule has 0 aliphatic heterocycles. The van der Waals surface area contributed by atoms with Gasteiger partial charge in [-0.3, -0.25) is 0 Å². The molecule has 1 aromatic heterocycles. The number of ether oxygens (including phenoxy) is 1. The van der Waals surface area contributed by atoms with Crippen LogP contribution in [0.2, 0.25) is 0 Å². The monoisotopic (exact) mass is 372 g/mol. The number of rotatable bonds is 7. The number of aromatic nitrogens is 1. The van der Waals surface area contributed by atoms with E-state index in [0.29, 0.717) is 0 Å². The van der Waals surface area contributed by atoms with Crippen LogP contribution in [0.1, 0.15) is 11.3 Å². The van der Waals surface area contributed by atoms with E-state index in [9.17, 15) is 0 Å². The summed E-state index contributed by atoms with van der Waals surface area (Å²) in [5, 5.41) is 5.42. The smallest absolute Gasteiger partial charge is 0.154 e. The van der Waals surface area contributed by atoms with Gasteiger partial charge in [-0.2, -0.15) is 0 Å². The fourth-order valence-corrected chi connectivity index (χ4v) is 4.13. The number of hydrogen-bond acceptors (Lipinski definition) is 5. The Kier molecular flexibility index (Phi) is 6.51. The van der Waals surface area contributed by atoms with E-state index in [-0.39, 0.29) is 0 Å². The molecule has 1 aromatic carbocycles. The van der Waals surface area contributed by atoms with Crippen LogP contribution in [0.25, 0.3) is 0 Å². The molecule has 108 valence electrons. The largest absolute Gasteiger partial charge is 0.383 e. The van der Waals surface area contributed by atoms with E-state index in [0.717, 1.165) is 34.2 Å². The molecule has 1 heterocycles. The molecule has 20 heavy (non-hydrogen) atoms. The van der Waals surface area contributed by atoms with Crippen LogP contribution in [0.5, 0.6) is 0 Å². The minimum atomic E-state index is 0.731. The summed E-state index contributed by atoms with van der Waals surface area (Å²) in [6.07, 6.45) is 0. The average Bonchev–Trinajstić information content (AvgIpc) is 2.82. The fourth-order valence-electron chi connectivity index (χ4n) is 1.61. The molecule has 0 amide bonds. The van der Waals surface area contributed by atoms with Gasteiger partial charge < -0.3 is 10.1 Å². The molecule has 0 atom stereocenters. The van der Waals surface area contributed by atoms with E-state index < -0.39 is 0 Å². The first-order valence-corrected chi connectivity index (χ1v) is 8.76. The van der Waals surface area contributed by atoms with Gasteiger partial charge in [-0.1, -0.05) is 33.8 Å². The van der Waals surface area contributed by atoms with Gasteiger partial charge in [-0.25, -0.2) is 4.98 Å². The van der Waals surface area contributed by atoms with Gasteiger partial charge in [0.1, 0.15) is 0 Å². The second kappa shape index (κ2) is 8.14. The highest BCUT2D eigenvalue weighted by Gasteiger charge is 2.05. The van der Waals surface area contributed by atoms with Gasteiger partial charge in [0.15, 0.2) is 4.34 Å². The Hall–Kier alpha value is -0.400. The zero-order valence-corrected chi connectivity index (χ0v) is 14.7. The summed E-state index contributed by atoms with van der Waals surface area (Å²) in [6.45, 7) is 4.45. The Labute approximate surface area is 136 Å². The lowest BCUT2D eigenvalue weighted by molar-refractivity contribution is 0.199. The third kappa shape index (κ3) is 4.86. The van der Waals surface area contributed by atoms with Gasteiger partial charge in [0.2, 0.25) is 0 Å². The first-order chi connectivity index (χ1) is 9.69. The van der Waals surface area contributed by atoms with Crippen LogP contribution in [0.4, 0.5) is 0 Å². The summed E-state index contributed by atoms with van der Waals surface area (Å²) >= 11 is 7.02. The van der Waals surface area contributed by atoms with Crippen molar-refractivity contribution < 1.29 is 4.74 Å². The van der Waals surface area contributed by atoms with Gasteiger partial charge >= 0.3 is 0 Å². The van der Waals surface area contributed by atoms with Crippen molar-refractivity contribution in [3.8, 4) is 0 Å². The predicted molar refractivity (Wildman–Crippen MR) is 88.7 cm³/mol. The van der Waals surface area contributed by atoms with Crippen molar-refractivity contribution in [1.82, 2.24) is 10.3 Å². The van der Waals surface area contributed by atoms with Crippen LogP contribution in [0, 0.1) is 6.92 Å². The normalized spacial score (nSPS) is 10.9. The highest BCUT2D eigenvalue weighted by Crippen LogP contribution is 2.32. The van der Waals surface area contributed by atoms with Crippen LogP contribution >= 0.6 is 39.0 Å². The summed E-state index contributed by atoms with van der Waals surface area (Å²) in [7, 11) is 1.71. The first kappa shape index (κ1) is 16.0. The molecule has 2 aromatic rings. The Morgan fingerprint density at radius 2 is 2.30 bits per heavy atom. The standard InChI is InChI=1S/C14H17BrN2OS2/c1-10-9-19-14(17-10)20-12-4-3-11(13(15)7-12)8-16-5-6-18-2/h3-4,7,9,16H,5-6,8H2,1-2H3. The lowest BCUT2D eigenvalue weighted by Gasteiger charge is -2.08. The number of benzene rings is 1. The Morgan fingerprint density at radius 1 is 1.45 bits per heavy atom. The molecule has 0 saturated heterocycles. The minimum Gasteiger partial charge on any atom is -0.383 e. The van der Waals surface area contributed by atoms with Gasteiger partial charge in [-0.05, 0) is 24.6 Å². The second-order valence-electron chi connectivity index (χ2n) is 4.28. The molecule has 0 saturated carbocycles. The van der Waals surface area contributed by atoms with Crippen LogP contribution in [0.3, 0.4) is 0 Å². The molecule has 0 bridgehead atoms. The fraction of sp³-hybridized carbons (Fsp3) is 0.357. The number of nitrogens with zero attached hydrogens (tertiary/aromatic N) is 1. The van der Waals surface area contributed by atoms with Crippen molar-refractivity contribution >= 4 is 39.0 Å². The highest BCUT2D eigenvalue weighted by molar-refractivity contribution is 9.10. The molecular formula is C14H17BrN2OS2. The second-order valence-corrected chi connectivity index (χ2v) is 7.31. The zero-order valence-electron chi connectivity index (χ0n) is 11.5. The molecule has 6 heteroatoms.